The second kappa shape index (κ2) is 5.85. The molecule has 0 bridgehead atoms. The summed E-state index contributed by atoms with van der Waals surface area (Å²) in [6.45, 7) is 5.45. The van der Waals surface area contributed by atoms with E-state index >= 15 is 0 Å². The summed E-state index contributed by atoms with van der Waals surface area (Å²) < 4.78 is 5.03. The van der Waals surface area contributed by atoms with E-state index in [1.54, 1.807) is 7.11 Å². The lowest BCUT2D eigenvalue weighted by Gasteiger charge is -2.26. The Morgan fingerprint density at radius 2 is 2.13 bits per heavy atom. The van der Waals surface area contributed by atoms with Gasteiger partial charge in [-0.1, -0.05) is 29.8 Å². The molecule has 0 aliphatic heterocycles. The summed E-state index contributed by atoms with van der Waals surface area (Å²) in [6.07, 6.45) is 2.29. The van der Waals surface area contributed by atoms with Gasteiger partial charge in [0.25, 0.3) is 0 Å². The van der Waals surface area contributed by atoms with E-state index in [1.807, 2.05) is 4.90 Å². The number of ether oxygens (including phenoxy) is 1. The zero-order valence-corrected chi connectivity index (χ0v) is 11.3. The summed E-state index contributed by atoms with van der Waals surface area (Å²) >= 11 is 3.46. The molecule has 1 fully saturated rings. The van der Waals surface area contributed by atoms with Gasteiger partial charge in [0.2, 0.25) is 5.91 Å². The highest BCUT2D eigenvalue weighted by Crippen LogP contribution is 2.29. The van der Waals surface area contributed by atoms with Crippen LogP contribution in [0.2, 0.25) is 0 Å². The van der Waals surface area contributed by atoms with E-state index < -0.39 is 0 Å². The first-order valence-electron chi connectivity index (χ1n) is 5.51. The Morgan fingerprint density at radius 1 is 1.53 bits per heavy atom. The minimum atomic E-state index is -0.0602. The van der Waals surface area contributed by atoms with Crippen molar-refractivity contribution in [3.63, 3.8) is 0 Å². The maximum Gasteiger partial charge on any atom is 0.236 e. The minimum Gasteiger partial charge on any atom is -0.383 e. The molecule has 0 aromatic rings. The van der Waals surface area contributed by atoms with Crippen LogP contribution >= 0.6 is 15.9 Å². The molecule has 15 heavy (non-hydrogen) atoms. The van der Waals surface area contributed by atoms with Crippen molar-refractivity contribution in [1.82, 2.24) is 4.90 Å². The SMILES string of the molecule is COCCN(C(=O)C(Br)C(C)C)C1CC1. The second-order valence-corrected chi connectivity index (χ2v) is 5.39. The van der Waals surface area contributed by atoms with Crippen LogP contribution in [0.25, 0.3) is 0 Å². The van der Waals surface area contributed by atoms with Crippen molar-refractivity contribution in [3.8, 4) is 0 Å². The third kappa shape index (κ3) is 3.76. The third-order valence-electron chi connectivity index (χ3n) is 2.63. The lowest BCUT2D eigenvalue weighted by molar-refractivity contribution is -0.132. The molecule has 3 nitrogen and oxygen atoms in total. The first kappa shape index (κ1) is 13.0. The summed E-state index contributed by atoms with van der Waals surface area (Å²) in [5, 5.41) is 0. The summed E-state index contributed by atoms with van der Waals surface area (Å²) in [5.74, 6) is 0.547. The van der Waals surface area contributed by atoms with E-state index in [0.29, 0.717) is 18.6 Å². The number of carbonyl (C=O) groups is 1. The molecule has 0 aromatic heterocycles. The topological polar surface area (TPSA) is 29.5 Å². The van der Waals surface area contributed by atoms with Gasteiger partial charge in [0.1, 0.15) is 0 Å². The maximum atomic E-state index is 12.1. The number of nitrogens with zero attached hydrogens (tertiary/aromatic N) is 1. The van der Waals surface area contributed by atoms with Gasteiger partial charge in [0.05, 0.1) is 11.4 Å². The molecule has 88 valence electrons. The molecule has 1 atom stereocenters. The Labute approximate surface area is 100 Å². The Bertz CT molecular complexity index is 217. The quantitative estimate of drug-likeness (QED) is 0.696. The van der Waals surface area contributed by atoms with E-state index in [1.165, 1.54) is 0 Å². The van der Waals surface area contributed by atoms with Gasteiger partial charge in [-0.3, -0.25) is 4.79 Å². The molecular weight excluding hydrogens is 258 g/mol. The fourth-order valence-electron chi connectivity index (χ4n) is 1.49. The van der Waals surface area contributed by atoms with Crippen LogP contribution in [0.15, 0.2) is 0 Å². The average Bonchev–Trinajstić information content (AvgIpc) is 3.00. The molecule has 0 saturated heterocycles. The van der Waals surface area contributed by atoms with E-state index in [4.69, 9.17) is 4.74 Å². The summed E-state index contributed by atoms with van der Waals surface area (Å²) in [7, 11) is 1.67. The normalized spacial score (nSPS) is 17.9. The fraction of sp³-hybridized carbons (Fsp3) is 0.909. The first-order chi connectivity index (χ1) is 7.07. The zero-order valence-electron chi connectivity index (χ0n) is 9.70. The molecule has 4 heteroatoms. The number of alkyl halides is 1. The third-order valence-corrected chi connectivity index (χ3v) is 4.08. The minimum absolute atomic E-state index is 0.0602. The Morgan fingerprint density at radius 3 is 2.53 bits per heavy atom. The Hall–Kier alpha value is -0.0900. The van der Waals surface area contributed by atoms with Crippen molar-refractivity contribution in [1.29, 1.82) is 0 Å². The smallest absolute Gasteiger partial charge is 0.236 e. The van der Waals surface area contributed by atoms with Gasteiger partial charge in [-0.25, -0.2) is 0 Å². The van der Waals surface area contributed by atoms with Gasteiger partial charge in [-0.05, 0) is 18.8 Å². The maximum absolute atomic E-state index is 12.1. The van der Waals surface area contributed by atoms with Crippen LogP contribution in [-0.4, -0.2) is 41.9 Å². The molecular formula is C11H20BrNO2. The van der Waals surface area contributed by atoms with Crippen LogP contribution < -0.4 is 0 Å². The van der Waals surface area contributed by atoms with Crippen molar-refractivity contribution in [3.05, 3.63) is 0 Å². The molecule has 0 radical (unpaired) electrons. The van der Waals surface area contributed by atoms with Gasteiger partial charge >= 0.3 is 0 Å². The highest BCUT2D eigenvalue weighted by atomic mass is 79.9. The van der Waals surface area contributed by atoms with E-state index in [2.05, 4.69) is 29.8 Å². The number of amides is 1. The van der Waals surface area contributed by atoms with E-state index in [9.17, 15) is 4.79 Å². The number of hydrogen-bond acceptors (Lipinski definition) is 2. The van der Waals surface area contributed by atoms with Gasteiger partial charge in [0, 0.05) is 19.7 Å². The van der Waals surface area contributed by atoms with Gasteiger partial charge < -0.3 is 9.64 Å². The molecule has 1 aliphatic rings. The molecule has 1 unspecified atom stereocenters. The molecule has 1 rings (SSSR count). The van der Waals surface area contributed by atoms with Crippen molar-refractivity contribution >= 4 is 21.8 Å². The fourth-order valence-corrected chi connectivity index (χ4v) is 1.76. The summed E-state index contributed by atoms with van der Waals surface area (Å²) in [4.78, 5) is 14.0. The van der Waals surface area contributed by atoms with E-state index in [-0.39, 0.29) is 10.7 Å². The van der Waals surface area contributed by atoms with Gasteiger partial charge in [-0.2, -0.15) is 0 Å². The van der Waals surface area contributed by atoms with Crippen LogP contribution in [0.5, 0.6) is 0 Å². The number of rotatable bonds is 6. The Balaban J connectivity index is 2.50. The van der Waals surface area contributed by atoms with E-state index in [0.717, 1.165) is 19.4 Å². The summed E-state index contributed by atoms with van der Waals surface area (Å²) in [6, 6.07) is 0.464. The zero-order chi connectivity index (χ0) is 11.4. The predicted octanol–water partition coefficient (Wildman–Crippen LogP) is 2.04. The van der Waals surface area contributed by atoms with Gasteiger partial charge in [-0.15, -0.1) is 0 Å². The molecule has 1 saturated carbocycles. The first-order valence-corrected chi connectivity index (χ1v) is 6.43. The van der Waals surface area contributed by atoms with Crippen LogP contribution in [0.1, 0.15) is 26.7 Å². The number of methoxy groups -OCH3 is 1. The standard InChI is InChI=1S/C11H20BrNO2/c1-8(2)10(12)11(14)13(6-7-15-3)9-4-5-9/h8-10H,4-7H2,1-3H3. The molecule has 0 N–H and O–H groups in total. The average molecular weight is 278 g/mol. The van der Waals surface area contributed by atoms with Crippen molar-refractivity contribution in [2.75, 3.05) is 20.3 Å². The number of halogens is 1. The molecule has 0 heterocycles. The highest BCUT2D eigenvalue weighted by molar-refractivity contribution is 9.10. The summed E-state index contributed by atoms with van der Waals surface area (Å²) in [5.41, 5.74) is 0. The predicted molar refractivity (Wildman–Crippen MR) is 64.2 cm³/mol. The van der Waals surface area contributed by atoms with Crippen molar-refractivity contribution in [2.24, 2.45) is 5.92 Å². The Kier molecular flexibility index (Phi) is 5.06. The number of carbonyl (C=O) groups excluding carboxylic acids is 1. The van der Waals surface area contributed by atoms with Crippen LogP contribution in [0.4, 0.5) is 0 Å². The van der Waals surface area contributed by atoms with Crippen LogP contribution in [0.3, 0.4) is 0 Å². The monoisotopic (exact) mass is 277 g/mol. The largest absolute Gasteiger partial charge is 0.383 e. The molecule has 1 amide bonds. The lowest BCUT2D eigenvalue weighted by atomic mass is 10.1. The van der Waals surface area contributed by atoms with Crippen molar-refractivity contribution in [2.45, 2.75) is 37.6 Å². The molecule has 1 aliphatic carbocycles. The van der Waals surface area contributed by atoms with Crippen molar-refractivity contribution < 1.29 is 9.53 Å². The second-order valence-electron chi connectivity index (χ2n) is 4.40. The van der Waals surface area contributed by atoms with Crippen LogP contribution in [0, 0.1) is 5.92 Å². The molecule has 0 spiro atoms. The van der Waals surface area contributed by atoms with Gasteiger partial charge in [0.15, 0.2) is 0 Å². The number of hydrogen-bond donors (Lipinski definition) is 0. The molecule has 0 aromatic carbocycles. The lowest BCUT2D eigenvalue weighted by Crippen LogP contribution is -2.42. The highest BCUT2D eigenvalue weighted by Gasteiger charge is 2.35. The van der Waals surface area contributed by atoms with Crippen LogP contribution in [-0.2, 0) is 9.53 Å².